The molecule has 0 aromatic heterocycles. The molecule has 134 valence electrons. The molecule has 24 heavy (non-hydrogen) atoms. The van der Waals surface area contributed by atoms with Crippen molar-refractivity contribution in [2.45, 2.75) is 46.1 Å². The van der Waals surface area contributed by atoms with E-state index in [0.717, 1.165) is 12.8 Å². The van der Waals surface area contributed by atoms with Crippen LogP contribution in [0.4, 0.5) is 0 Å². The van der Waals surface area contributed by atoms with Gasteiger partial charge in [0.15, 0.2) is 11.5 Å². The summed E-state index contributed by atoms with van der Waals surface area (Å²) in [5.74, 6) is -0.568. The predicted octanol–water partition coefficient (Wildman–Crippen LogP) is 3.51. The average molecular weight is 358 g/mol. The highest BCUT2D eigenvalue weighted by atomic mass is 35.5. The Hall–Kier alpha value is -1.95. The van der Waals surface area contributed by atoms with Crippen molar-refractivity contribution in [3.63, 3.8) is 0 Å². The molecule has 0 spiro atoms. The van der Waals surface area contributed by atoms with E-state index < -0.39 is 17.9 Å². The van der Waals surface area contributed by atoms with Crippen LogP contribution in [0.1, 0.15) is 50.4 Å². The lowest BCUT2D eigenvalue weighted by Crippen LogP contribution is -2.34. The third-order valence-corrected chi connectivity index (χ3v) is 3.45. The zero-order chi connectivity index (χ0) is 18.1. The number of hydrogen-bond acceptors (Lipinski definition) is 4. The first-order valence-corrected chi connectivity index (χ1v) is 8.38. The molecule has 0 fully saturated rings. The summed E-state index contributed by atoms with van der Waals surface area (Å²) in [5.41, 5.74) is 0.295. The molecule has 0 saturated heterocycles. The van der Waals surface area contributed by atoms with Crippen LogP contribution in [-0.2, 0) is 4.79 Å². The Morgan fingerprint density at radius 2 is 2.00 bits per heavy atom. The minimum Gasteiger partial charge on any atom is -0.490 e. The van der Waals surface area contributed by atoms with Crippen molar-refractivity contribution >= 4 is 23.5 Å². The number of carboxylic acid groups (broad SMARTS) is 1. The second-order valence-electron chi connectivity index (χ2n) is 5.39. The number of carbonyl (C=O) groups is 2. The smallest absolute Gasteiger partial charge is 0.305 e. The van der Waals surface area contributed by atoms with Crippen molar-refractivity contribution in [1.29, 1.82) is 0 Å². The maximum Gasteiger partial charge on any atom is 0.305 e. The van der Waals surface area contributed by atoms with E-state index in [1.807, 2.05) is 6.92 Å². The maximum absolute atomic E-state index is 12.3. The van der Waals surface area contributed by atoms with Gasteiger partial charge in [0, 0.05) is 11.6 Å². The summed E-state index contributed by atoms with van der Waals surface area (Å²) in [6, 6.07) is 2.55. The molecule has 1 aromatic rings. The first kappa shape index (κ1) is 20.1. The third-order valence-electron chi connectivity index (χ3n) is 3.17. The molecule has 1 atom stereocenters. The van der Waals surface area contributed by atoms with Gasteiger partial charge in [0.05, 0.1) is 24.7 Å². The van der Waals surface area contributed by atoms with Gasteiger partial charge in [0.25, 0.3) is 5.91 Å². The molecule has 0 aliphatic heterocycles. The molecule has 0 aliphatic rings. The van der Waals surface area contributed by atoms with E-state index in [1.165, 1.54) is 6.07 Å². The van der Waals surface area contributed by atoms with Crippen molar-refractivity contribution in [1.82, 2.24) is 5.32 Å². The molecule has 0 heterocycles. The van der Waals surface area contributed by atoms with Gasteiger partial charge in [-0.1, -0.05) is 24.9 Å². The number of carbonyl (C=O) groups excluding carboxylic acids is 1. The number of amides is 1. The van der Waals surface area contributed by atoms with Crippen LogP contribution in [0.5, 0.6) is 11.5 Å². The van der Waals surface area contributed by atoms with E-state index in [4.69, 9.17) is 26.2 Å². The lowest BCUT2D eigenvalue weighted by Gasteiger charge is -2.16. The Kier molecular flexibility index (Phi) is 8.40. The number of aliphatic carboxylic acids is 1. The van der Waals surface area contributed by atoms with E-state index in [0.29, 0.717) is 30.3 Å². The topological polar surface area (TPSA) is 84.9 Å². The molecular weight excluding hydrogens is 334 g/mol. The molecule has 6 nitrogen and oxygen atoms in total. The van der Waals surface area contributed by atoms with Gasteiger partial charge in [-0.3, -0.25) is 9.59 Å². The molecule has 0 radical (unpaired) electrons. The molecule has 1 amide bonds. The number of halogens is 1. The molecule has 7 heteroatoms. The number of hydrogen-bond donors (Lipinski definition) is 2. The van der Waals surface area contributed by atoms with Gasteiger partial charge in [-0.05, 0) is 32.4 Å². The van der Waals surface area contributed by atoms with Crippen LogP contribution in [0.25, 0.3) is 0 Å². The lowest BCUT2D eigenvalue weighted by atomic mass is 10.1. The Balaban J connectivity index is 2.95. The van der Waals surface area contributed by atoms with Crippen LogP contribution >= 0.6 is 11.6 Å². The molecule has 0 saturated carbocycles. The van der Waals surface area contributed by atoms with Gasteiger partial charge in [0.2, 0.25) is 0 Å². The number of ether oxygens (including phenoxy) is 2. The van der Waals surface area contributed by atoms with Crippen molar-refractivity contribution in [3.8, 4) is 11.5 Å². The molecule has 1 aromatic carbocycles. The van der Waals surface area contributed by atoms with E-state index >= 15 is 0 Å². The van der Waals surface area contributed by atoms with Crippen LogP contribution < -0.4 is 14.8 Å². The van der Waals surface area contributed by atoms with Crippen LogP contribution in [0, 0.1) is 0 Å². The Morgan fingerprint density at radius 1 is 1.29 bits per heavy atom. The van der Waals surface area contributed by atoms with E-state index in [2.05, 4.69) is 12.2 Å². The normalized spacial score (nSPS) is 11.7. The summed E-state index contributed by atoms with van der Waals surface area (Å²) < 4.78 is 11.2. The van der Waals surface area contributed by atoms with Gasteiger partial charge in [0.1, 0.15) is 0 Å². The lowest BCUT2D eigenvalue weighted by molar-refractivity contribution is -0.137. The number of benzene rings is 1. The predicted molar refractivity (Wildman–Crippen MR) is 92.2 cm³/mol. The van der Waals surface area contributed by atoms with Gasteiger partial charge in [-0.25, -0.2) is 0 Å². The Labute approximate surface area is 147 Å². The monoisotopic (exact) mass is 357 g/mol. The number of unbranched alkanes of at least 4 members (excludes halogenated alkanes) is 1. The maximum atomic E-state index is 12.3. The van der Waals surface area contributed by atoms with Gasteiger partial charge < -0.3 is 19.9 Å². The molecule has 0 aliphatic carbocycles. The van der Waals surface area contributed by atoms with Gasteiger partial charge >= 0.3 is 5.97 Å². The Morgan fingerprint density at radius 3 is 2.58 bits per heavy atom. The minimum atomic E-state index is -0.976. The summed E-state index contributed by atoms with van der Waals surface area (Å²) in [6.45, 7) is 6.42. The first-order chi connectivity index (χ1) is 11.4. The zero-order valence-corrected chi connectivity index (χ0v) is 15.0. The fourth-order valence-electron chi connectivity index (χ4n) is 2.04. The Bertz CT molecular complexity index is 576. The fraction of sp³-hybridized carbons (Fsp3) is 0.529. The summed E-state index contributed by atoms with van der Waals surface area (Å²) in [4.78, 5) is 22.9. The van der Waals surface area contributed by atoms with E-state index in [1.54, 1.807) is 13.0 Å². The first-order valence-electron chi connectivity index (χ1n) is 8.00. The number of carboxylic acids is 1. The van der Waals surface area contributed by atoms with Crippen molar-refractivity contribution in [2.75, 3.05) is 13.2 Å². The largest absolute Gasteiger partial charge is 0.490 e. The summed E-state index contributed by atoms with van der Waals surface area (Å²) in [6.07, 6.45) is 1.72. The second-order valence-corrected chi connectivity index (χ2v) is 5.80. The molecule has 1 rings (SSSR count). The summed E-state index contributed by atoms with van der Waals surface area (Å²) in [7, 11) is 0. The highest BCUT2D eigenvalue weighted by Gasteiger charge is 2.18. The number of rotatable bonds is 10. The molecule has 1 unspecified atom stereocenters. The quantitative estimate of drug-likeness (QED) is 0.626. The van der Waals surface area contributed by atoms with Crippen LogP contribution in [-0.4, -0.2) is 36.2 Å². The SMILES string of the molecule is CCCCOc1c(Cl)cc(C(=O)NC(C)CC(=O)O)cc1OCC. The number of nitrogens with one attached hydrogen (secondary N) is 1. The standard InChI is InChI=1S/C17H24ClNO5/c1-4-6-7-24-16-13(18)9-12(10-14(16)23-5-2)17(22)19-11(3)8-15(20)21/h9-11H,4-8H2,1-3H3,(H,19,22)(H,20,21). The van der Waals surface area contributed by atoms with Gasteiger partial charge in [-0.15, -0.1) is 0 Å². The highest BCUT2D eigenvalue weighted by molar-refractivity contribution is 6.32. The second kappa shape index (κ2) is 10.0. The fourth-order valence-corrected chi connectivity index (χ4v) is 2.31. The van der Waals surface area contributed by atoms with Crippen LogP contribution in [0.15, 0.2) is 12.1 Å². The highest BCUT2D eigenvalue weighted by Crippen LogP contribution is 2.36. The molecule has 0 bridgehead atoms. The summed E-state index contributed by atoms with van der Waals surface area (Å²) in [5, 5.41) is 11.7. The molecule has 2 N–H and O–H groups in total. The molecular formula is C17H24ClNO5. The minimum absolute atomic E-state index is 0.157. The summed E-state index contributed by atoms with van der Waals surface area (Å²) >= 11 is 6.24. The van der Waals surface area contributed by atoms with E-state index in [9.17, 15) is 9.59 Å². The van der Waals surface area contributed by atoms with Gasteiger partial charge in [-0.2, -0.15) is 0 Å². The van der Waals surface area contributed by atoms with Crippen LogP contribution in [0.3, 0.4) is 0 Å². The van der Waals surface area contributed by atoms with E-state index in [-0.39, 0.29) is 11.4 Å². The van der Waals surface area contributed by atoms with Crippen LogP contribution in [0.2, 0.25) is 5.02 Å². The van der Waals surface area contributed by atoms with Crippen molar-refractivity contribution in [3.05, 3.63) is 22.7 Å². The van der Waals surface area contributed by atoms with Crippen molar-refractivity contribution in [2.24, 2.45) is 0 Å². The zero-order valence-electron chi connectivity index (χ0n) is 14.2. The third kappa shape index (κ3) is 6.28. The van der Waals surface area contributed by atoms with Crippen molar-refractivity contribution < 1.29 is 24.2 Å². The average Bonchev–Trinajstić information content (AvgIpc) is 2.49.